The predicted octanol–water partition coefficient (Wildman–Crippen LogP) is 1.33. The summed E-state index contributed by atoms with van der Waals surface area (Å²) in [6.45, 7) is 11.4. The van der Waals surface area contributed by atoms with Crippen molar-refractivity contribution in [3.63, 3.8) is 0 Å². The monoisotopic (exact) mass is 202 g/mol. The van der Waals surface area contributed by atoms with Gasteiger partial charge in [-0.3, -0.25) is 4.90 Å². The number of nitrogens with two attached hydrogens (primary N) is 1. The second-order valence-electron chi connectivity index (χ2n) is 4.28. The van der Waals surface area contributed by atoms with E-state index in [-0.39, 0.29) is 0 Å². The number of ether oxygens (including phenoxy) is 1. The van der Waals surface area contributed by atoms with Crippen LogP contribution in [0.5, 0.6) is 0 Å². The molecule has 0 fully saturated rings. The molecule has 0 saturated carbocycles. The molecule has 2 unspecified atom stereocenters. The lowest BCUT2D eigenvalue weighted by Crippen LogP contribution is -2.45. The molecule has 0 saturated heterocycles. The molecule has 0 spiro atoms. The Hall–Kier alpha value is -0.120. The van der Waals surface area contributed by atoms with E-state index in [0.29, 0.717) is 18.0 Å². The quantitative estimate of drug-likeness (QED) is 0.677. The highest BCUT2D eigenvalue weighted by molar-refractivity contribution is 4.76. The first-order valence-electron chi connectivity index (χ1n) is 5.49. The summed E-state index contributed by atoms with van der Waals surface area (Å²) in [4.78, 5) is 2.45. The normalized spacial score (nSPS) is 16.3. The van der Waals surface area contributed by atoms with Crippen molar-refractivity contribution in [1.29, 1.82) is 0 Å². The van der Waals surface area contributed by atoms with Crippen LogP contribution >= 0.6 is 0 Å². The van der Waals surface area contributed by atoms with Gasteiger partial charge in [0.15, 0.2) is 0 Å². The number of rotatable bonds is 7. The van der Waals surface area contributed by atoms with E-state index in [1.165, 1.54) is 0 Å². The van der Waals surface area contributed by atoms with Crippen LogP contribution in [0.1, 0.15) is 27.7 Å². The summed E-state index contributed by atoms with van der Waals surface area (Å²) in [7, 11) is 1.75. The number of hydrogen-bond acceptors (Lipinski definition) is 3. The number of methoxy groups -OCH3 is 1. The van der Waals surface area contributed by atoms with E-state index in [9.17, 15) is 0 Å². The molecule has 0 rings (SSSR count). The van der Waals surface area contributed by atoms with Crippen molar-refractivity contribution < 1.29 is 4.74 Å². The van der Waals surface area contributed by atoms with Gasteiger partial charge in [0.2, 0.25) is 0 Å². The molecule has 0 heterocycles. The first-order valence-corrected chi connectivity index (χ1v) is 5.49. The van der Waals surface area contributed by atoms with Crippen LogP contribution in [0, 0.1) is 5.92 Å². The second-order valence-corrected chi connectivity index (χ2v) is 4.28. The summed E-state index contributed by atoms with van der Waals surface area (Å²) in [5.74, 6) is 0.536. The molecule has 0 aliphatic carbocycles. The van der Waals surface area contributed by atoms with Gasteiger partial charge in [-0.1, -0.05) is 6.92 Å². The van der Waals surface area contributed by atoms with Crippen molar-refractivity contribution in [2.45, 2.75) is 39.8 Å². The maximum atomic E-state index is 5.68. The average Bonchev–Trinajstić information content (AvgIpc) is 2.16. The van der Waals surface area contributed by atoms with Crippen LogP contribution in [0.25, 0.3) is 0 Å². The lowest BCUT2D eigenvalue weighted by Gasteiger charge is -2.35. The summed E-state index contributed by atoms with van der Waals surface area (Å²) >= 11 is 0. The third-order valence-corrected chi connectivity index (χ3v) is 2.94. The summed E-state index contributed by atoms with van der Waals surface area (Å²) in [5.41, 5.74) is 5.68. The van der Waals surface area contributed by atoms with E-state index in [1.807, 2.05) is 0 Å². The molecule has 0 aromatic rings. The van der Waals surface area contributed by atoms with Crippen LogP contribution < -0.4 is 5.73 Å². The molecule has 3 heteroatoms. The second kappa shape index (κ2) is 7.21. The SMILES string of the molecule is COCCN(C(C)C)C(C)C(C)CN. The van der Waals surface area contributed by atoms with Crippen molar-refractivity contribution in [3.05, 3.63) is 0 Å². The fourth-order valence-corrected chi connectivity index (χ4v) is 1.65. The van der Waals surface area contributed by atoms with Crippen molar-refractivity contribution in [2.75, 3.05) is 26.8 Å². The minimum Gasteiger partial charge on any atom is -0.383 e. The highest BCUT2D eigenvalue weighted by atomic mass is 16.5. The molecule has 3 nitrogen and oxygen atoms in total. The Kier molecular flexibility index (Phi) is 7.15. The Bertz CT molecular complexity index is 139. The smallest absolute Gasteiger partial charge is 0.0589 e. The highest BCUT2D eigenvalue weighted by Crippen LogP contribution is 2.12. The molecule has 14 heavy (non-hydrogen) atoms. The standard InChI is InChI=1S/C11H26N2O/c1-9(2)13(6-7-14-5)11(4)10(3)8-12/h9-11H,6-8,12H2,1-5H3. The molecule has 2 N–H and O–H groups in total. The molecule has 2 atom stereocenters. The van der Waals surface area contributed by atoms with Crippen LogP contribution in [0.4, 0.5) is 0 Å². The molecular formula is C11H26N2O. The van der Waals surface area contributed by atoms with Gasteiger partial charge in [0, 0.05) is 25.7 Å². The zero-order chi connectivity index (χ0) is 11.1. The van der Waals surface area contributed by atoms with Crippen molar-refractivity contribution >= 4 is 0 Å². The van der Waals surface area contributed by atoms with Gasteiger partial charge >= 0.3 is 0 Å². The van der Waals surface area contributed by atoms with E-state index in [4.69, 9.17) is 10.5 Å². The third kappa shape index (κ3) is 4.40. The minimum atomic E-state index is 0.523. The first kappa shape index (κ1) is 13.9. The van der Waals surface area contributed by atoms with Crippen LogP contribution in [-0.2, 0) is 4.74 Å². The van der Waals surface area contributed by atoms with Gasteiger partial charge in [0.1, 0.15) is 0 Å². The summed E-state index contributed by atoms with van der Waals surface area (Å²) in [5, 5.41) is 0. The van der Waals surface area contributed by atoms with Gasteiger partial charge in [-0.05, 0) is 33.2 Å². The Morgan fingerprint density at radius 2 is 1.79 bits per heavy atom. The molecule has 0 aromatic carbocycles. The largest absolute Gasteiger partial charge is 0.383 e. The van der Waals surface area contributed by atoms with E-state index in [2.05, 4.69) is 32.6 Å². The topological polar surface area (TPSA) is 38.5 Å². The molecule has 86 valence electrons. The highest BCUT2D eigenvalue weighted by Gasteiger charge is 2.20. The lowest BCUT2D eigenvalue weighted by atomic mass is 10.0. The zero-order valence-electron chi connectivity index (χ0n) is 10.3. The predicted molar refractivity (Wildman–Crippen MR) is 61.4 cm³/mol. The van der Waals surface area contributed by atoms with E-state index < -0.39 is 0 Å². The van der Waals surface area contributed by atoms with E-state index in [1.54, 1.807) is 7.11 Å². The summed E-state index contributed by atoms with van der Waals surface area (Å²) in [6.07, 6.45) is 0. The van der Waals surface area contributed by atoms with Gasteiger partial charge < -0.3 is 10.5 Å². The Morgan fingerprint density at radius 1 is 1.21 bits per heavy atom. The lowest BCUT2D eigenvalue weighted by molar-refractivity contribution is 0.0818. The average molecular weight is 202 g/mol. The van der Waals surface area contributed by atoms with Crippen molar-refractivity contribution in [2.24, 2.45) is 11.7 Å². The maximum Gasteiger partial charge on any atom is 0.0589 e. The van der Waals surface area contributed by atoms with Crippen LogP contribution in [0.3, 0.4) is 0 Å². The van der Waals surface area contributed by atoms with Crippen LogP contribution in [0.15, 0.2) is 0 Å². The first-order chi connectivity index (χ1) is 6.54. The molecule has 0 radical (unpaired) electrons. The molecule has 0 bridgehead atoms. The fourth-order valence-electron chi connectivity index (χ4n) is 1.65. The van der Waals surface area contributed by atoms with Gasteiger partial charge in [-0.25, -0.2) is 0 Å². The van der Waals surface area contributed by atoms with E-state index in [0.717, 1.165) is 19.7 Å². The molecule has 0 aliphatic heterocycles. The maximum absolute atomic E-state index is 5.68. The summed E-state index contributed by atoms with van der Waals surface area (Å²) in [6, 6.07) is 1.07. The minimum absolute atomic E-state index is 0.523. The molecule has 0 aliphatic rings. The van der Waals surface area contributed by atoms with Gasteiger partial charge in [0.25, 0.3) is 0 Å². The zero-order valence-corrected chi connectivity index (χ0v) is 10.3. The summed E-state index contributed by atoms with van der Waals surface area (Å²) < 4.78 is 5.11. The molecular weight excluding hydrogens is 176 g/mol. The fraction of sp³-hybridized carbons (Fsp3) is 1.00. The van der Waals surface area contributed by atoms with Crippen molar-refractivity contribution in [3.8, 4) is 0 Å². The third-order valence-electron chi connectivity index (χ3n) is 2.94. The Labute approximate surface area is 88.6 Å². The molecule has 0 amide bonds. The number of nitrogens with zero attached hydrogens (tertiary/aromatic N) is 1. The van der Waals surface area contributed by atoms with E-state index >= 15 is 0 Å². The van der Waals surface area contributed by atoms with Crippen molar-refractivity contribution in [1.82, 2.24) is 4.90 Å². The van der Waals surface area contributed by atoms with Crippen LogP contribution in [-0.4, -0.2) is 43.8 Å². The Morgan fingerprint density at radius 3 is 2.14 bits per heavy atom. The molecule has 0 aromatic heterocycles. The van der Waals surface area contributed by atoms with Gasteiger partial charge in [-0.2, -0.15) is 0 Å². The number of hydrogen-bond donors (Lipinski definition) is 1. The van der Waals surface area contributed by atoms with Crippen LogP contribution in [0.2, 0.25) is 0 Å². The van der Waals surface area contributed by atoms with Gasteiger partial charge in [0.05, 0.1) is 6.61 Å². The van der Waals surface area contributed by atoms with Gasteiger partial charge in [-0.15, -0.1) is 0 Å². The Balaban J connectivity index is 4.17.